The van der Waals surface area contributed by atoms with Crippen molar-refractivity contribution in [1.29, 1.82) is 0 Å². The van der Waals surface area contributed by atoms with E-state index in [2.05, 4.69) is 25.3 Å². The first-order valence-corrected chi connectivity index (χ1v) is 10.9. The Kier molecular flexibility index (Phi) is 5.52. The molecule has 176 valence electrons. The van der Waals surface area contributed by atoms with Gasteiger partial charge in [-0.1, -0.05) is 0 Å². The third-order valence-corrected chi connectivity index (χ3v) is 6.37. The number of likely N-dealkylation sites (N-methyl/N-ethyl adjacent to an activating group) is 1. The van der Waals surface area contributed by atoms with Crippen molar-refractivity contribution in [3.8, 4) is 11.3 Å². The summed E-state index contributed by atoms with van der Waals surface area (Å²) in [4.78, 5) is 23.5. The molecule has 2 fully saturated rings. The second kappa shape index (κ2) is 8.37. The topological polar surface area (TPSA) is 157 Å². The highest BCUT2D eigenvalue weighted by molar-refractivity contribution is 5.99. The number of piperidine rings is 1. The summed E-state index contributed by atoms with van der Waals surface area (Å²) in [5, 5.41) is 29.4. The Morgan fingerprint density at radius 1 is 1.27 bits per heavy atom. The molecule has 5 heterocycles. The SMILES string of the molecule is CN1CCC[C@@H](NC(=O)[C@H]2O[C@@H](n3cc(-c4ccn(C)n4)c4c(N)ncnc43)[C@H](O)[C@@H]2O)C1. The van der Waals surface area contributed by atoms with E-state index in [1.165, 1.54) is 6.33 Å². The Morgan fingerprint density at radius 2 is 2.09 bits per heavy atom. The molecular weight excluding hydrogens is 428 g/mol. The first-order chi connectivity index (χ1) is 15.8. The normalized spacial score (nSPS) is 28.4. The highest BCUT2D eigenvalue weighted by atomic mass is 16.6. The van der Waals surface area contributed by atoms with E-state index in [1.807, 2.05) is 13.1 Å². The number of likely N-dealkylation sites (tertiary alicyclic amines) is 1. The standard InChI is InChI=1S/C21H28N8O4/c1-27-6-3-4-11(8-27)25-20(32)17-15(30)16(31)21(33-17)29-9-12(13-5-7-28(2)26-13)14-18(22)23-10-24-19(14)29/h5,7,9-11,15-17,21,30-31H,3-4,6,8H2,1-2H3,(H,25,32)(H2,22,23,24)/t11-,15+,16-,17+,21-/m1/s1. The van der Waals surface area contributed by atoms with E-state index in [9.17, 15) is 15.0 Å². The number of anilines is 1. The van der Waals surface area contributed by atoms with E-state index in [0.29, 0.717) is 22.3 Å². The molecule has 0 aliphatic carbocycles. The van der Waals surface area contributed by atoms with Gasteiger partial charge in [-0.2, -0.15) is 5.10 Å². The number of hydrogen-bond acceptors (Lipinski definition) is 9. The summed E-state index contributed by atoms with van der Waals surface area (Å²) in [5.74, 6) is -0.192. The fourth-order valence-corrected chi connectivity index (χ4v) is 4.73. The Balaban J connectivity index is 1.45. The lowest BCUT2D eigenvalue weighted by atomic mass is 10.0. The van der Waals surface area contributed by atoms with Crippen molar-refractivity contribution in [2.75, 3.05) is 25.9 Å². The van der Waals surface area contributed by atoms with Crippen LogP contribution in [0.2, 0.25) is 0 Å². The predicted octanol–water partition coefficient (Wildman–Crippen LogP) is -0.756. The minimum Gasteiger partial charge on any atom is -0.387 e. The maximum atomic E-state index is 12.9. The average Bonchev–Trinajstić information content (AvgIpc) is 3.45. The van der Waals surface area contributed by atoms with Crippen LogP contribution in [0.5, 0.6) is 0 Å². The van der Waals surface area contributed by atoms with E-state index in [1.54, 1.807) is 28.7 Å². The lowest BCUT2D eigenvalue weighted by Crippen LogP contribution is -2.51. The summed E-state index contributed by atoms with van der Waals surface area (Å²) in [5.41, 5.74) is 7.86. The van der Waals surface area contributed by atoms with Crippen LogP contribution in [0.15, 0.2) is 24.8 Å². The number of aliphatic hydroxyl groups is 2. The second-order valence-corrected chi connectivity index (χ2v) is 8.82. The van der Waals surface area contributed by atoms with Crippen molar-refractivity contribution in [3.05, 3.63) is 24.8 Å². The van der Waals surface area contributed by atoms with Gasteiger partial charge in [-0.05, 0) is 32.5 Å². The average molecular weight is 457 g/mol. The number of fused-ring (bicyclic) bond motifs is 1. The molecule has 1 amide bonds. The number of hydrogen-bond donors (Lipinski definition) is 4. The fraction of sp³-hybridized carbons (Fsp3) is 0.524. The maximum Gasteiger partial charge on any atom is 0.252 e. The number of nitrogens with zero attached hydrogens (tertiary/aromatic N) is 6. The van der Waals surface area contributed by atoms with Crippen LogP contribution in [-0.4, -0.2) is 89.8 Å². The zero-order valence-electron chi connectivity index (χ0n) is 18.5. The van der Waals surface area contributed by atoms with Gasteiger partial charge in [0.05, 0.1) is 11.1 Å². The van der Waals surface area contributed by atoms with Crippen molar-refractivity contribution in [3.63, 3.8) is 0 Å². The Morgan fingerprint density at radius 3 is 2.82 bits per heavy atom. The minimum atomic E-state index is -1.40. The fourth-order valence-electron chi connectivity index (χ4n) is 4.73. The first-order valence-electron chi connectivity index (χ1n) is 10.9. The molecule has 0 unspecified atom stereocenters. The van der Waals surface area contributed by atoms with Gasteiger partial charge in [-0.15, -0.1) is 0 Å². The molecule has 3 aromatic heterocycles. The largest absolute Gasteiger partial charge is 0.387 e. The van der Waals surface area contributed by atoms with E-state index in [0.717, 1.165) is 25.9 Å². The smallest absolute Gasteiger partial charge is 0.252 e. The highest BCUT2D eigenvalue weighted by Gasteiger charge is 2.48. The van der Waals surface area contributed by atoms with Crippen LogP contribution in [0.3, 0.4) is 0 Å². The first kappa shape index (κ1) is 21.8. The number of aliphatic hydroxyl groups excluding tert-OH is 2. The van der Waals surface area contributed by atoms with Crippen LogP contribution in [-0.2, 0) is 16.6 Å². The van der Waals surface area contributed by atoms with Crippen molar-refractivity contribution < 1.29 is 19.7 Å². The van der Waals surface area contributed by atoms with E-state index in [4.69, 9.17) is 10.5 Å². The predicted molar refractivity (Wildman–Crippen MR) is 119 cm³/mol. The molecule has 0 bridgehead atoms. The quantitative estimate of drug-likeness (QED) is 0.396. The zero-order chi connectivity index (χ0) is 23.3. The number of rotatable bonds is 4. The van der Waals surface area contributed by atoms with Gasteiger partial charge in [0.1, 0.15) is 30.0 Å². The number of aryl methyl sites for hydroxylation is 1. The van der Waals surface area contributed by atoms with Crippen molar-refractivity contribution in [2.24, 2.45) is 7.05 Å². The zero-order valence-corrected chi connectivity index (χ0v) is 18.5. The molecule has 0 spiro atoms. The Labute approximate surface area is 190 Å². The molecule has 3 aromatic rings. The Hall–Kier alpha value is -3.06. The molecule has 12 heteroatoms. The number of ether oxygens (including phenoxy) is 1. The van der Waals surface area contributed by atoms with Gasteiger partial charge in [0.25, 0.3) is 5.91 Å². The lowest BCUT2D eigenvalue weighted by Gasteiger charge is -2.31. The second-order valence-electron chi connectivity index (χ2n) is 8.82. The van der Waals surface area contributed by atoms with Gasteiger partial charge in [0, 0.05) is 37.6 Å². The van der Waals surface area contributed by atoms with Gasteiger partial charge in [0.2, 0.25) is 0 Å². The molecule has 0 radical (unpaired) electrons. The summed E-state index contributed by atoms with van der Waals surface area (Å²) in [6.45, 7) is 1.71. The van der Waals surface area contributed by atoms with Crippen molar-refractivity contribution in [2.45, 2.75) is 43.4 Å². The van der Waals surface area contributed by atoms with Crippen molar-refractivity contribution >= 4 is 22.8 Å². The van der Waals surface area contributed by atoms with Gasteiger partial charge in [-0.25, -0.2) is 9.97 Å². The molecule has 5 N–H and O–H groups in total. The van der Waals surface area contributed by atoms with Crippen LogP contribution in [0.1, 0.15) is 19.1 Å². The molecule has 0 aromatic carbocycles. The molecule has 2 aliphatic rings. The van der Waals surface area contributed by atoms with Gasteiger partial charge < -0.3 is 35.5 Å². The van der Waals surface area contributed by atoms with Gasteiger partial charge in [0.15, 0.2) is 12.3 Å². The lowest BCUT2D eigenvalue weighted by molar-refractivity contribution is -0.138. The summed E-state index contributed by atoms with van der Waals surface area (Å²) in [6.07, 6.45) is 1.65. The number of carbonyl (C=O) groups excluding carboxylic acids is 1. The third kappa shape index (κ3) is 3.84. The molecular formula is C21H28N8O4. The van der Waals surface area contributed by atoms with E-state index >= 15 is 0 Å². The summed E-state index contributed by atoms with van der Waals surface area (Å²) in [6, 6.07) is 1.79. The summed E-state index contributed by atoms with van der Waals surface area (Å²) in [7, 11) is 3.80. The van der Waals surface area contributed by atoms with Crippen LogP contribution in [0.25, 0.3) is 22.3 Å². The minimum absolute atomic E-state index is 0.0288. The van der Waals surface area contributed by atoms with E-state index < -0.39 is 30.4 Å². The number of nitrogens with two attached hydrogens (primary N) is 1. The van der Waals surface area contributed by atoms with Crippen LogP contribution >= 0.6 is 0 Å². The number of nitrogens with one attached hydrogen (secondary N) is 1. The molecule has 12 nitrogen and oxygen atoms in total. The van der Waals surface area contributed by atoms with Crippen LogP contribution in [0, 0.1) is 0 Å². The van der Waals surface area contributed by atoms with Gasteiger partial charge >= 0.3 is 0 Å². The molecule has 5 rings (SSSR count). The molecule has 2 aliphatic heterocycles. The number of aromatic nitrogens is 5. The third-order valence-electron chi connectivity index (χ3n) is 6.37. The van der Waals surface area contributed by atoms with Crippen LogP contribution in [0.4, 0.5) is 5.82 Å². The summed E-state index contributed by atoms with van der Waals surface area (Å²) < 4.78 is 9.15. The molecule has 0 saturated carbocycles. The van der Waals surface area contributed by atoms with Crippen molar-refractivity contribution in [1.82, 2.24) is 34.5 Å². The highest BCUT2D eigenvalue weighted by Crippen LogP contribution is 2.38. The van der Waals surface area contributed by atoms with Gasteiger partial charge in [-0.3, -0.25) is 9.48 Å². The van der Waals surface area contributed by atoms with E-state index in [-0.39, 0.29) is 11.9 Å². The molecule has 2 saturated heterocycles. The number of carbonyl (C=O) groups is 1. The maximum absolute atomic E-state index is 12.9. The van der Waals surface area contributed by atoms with Crippen LogP contribution < -0.4 is 11.1 Å². The number of nitrogen functional groups attached to an aromatic ring is 1. The summed E-state index contributed by atoms with van der Waals surface area (Å²) >= 11 is 0. The molecule has 5 atom stereocenters. The number of amides is 1. The monoisotopic (exact) mass is 456 g/mol. The Bertz CT molecular complexity index is 1180. The molecule has 33 heavy (non-hydrogen) atoms.